The molecule has 0 bridgehead atoms. The number of rotatable bonds is 5. The highest BCUT2D eigenvalue weighted by Crippen LogP contribution is 2.40. The molecule has 84 valence electrons. The van der Waals surface area contributed by atoms with Crippen molar-refractivity contribution in [1.82, 2.24) is 10.3 Å². The second-order valence-corrected chi connectivity index (χ2v) is 5.60. The number of thiazole rings is 1. The molecule has 2 rings (SSSR count). The molecule has 1 fully saturated rings. The fourth-order valence-electron chi connectivity index (χ4n) is 2.63. The lowest BCUT2D eigenvalue weighted by atomic mass is 9.82. The molecule has 1 aromatic heterocycles. The van der Waals surface area contributed by atoms with Crippen molar-refractivity contribution in [3.63, 3.8) is 0 Å². The Balaban J connectivity index is 1.99. The summed E-state index contributed by atoms with van der Waals surface area (Å²) in [6.07, 6.45) is 8.85. The maximum absolute atomic E-state index is 4.17. The highest BCUT2D eigenvalue weighted by atomic mass is 32.1. The van der Waals surface area contributed by atoms with E-state index in [2.05, 4.69) is 17.2 Å². The first kappa shape index (κ1) is 11.1. The van der Waals surface area contributed by atoms with Gasteiger partial charge < -0.3 is 5.32 Å². The Hall–Kier alpha value is -0.410. The van der Waals surface area contributed by atoms with Gasteiger partial charge in [0.1, 0.15) is 0 Å². The zero-order valence-electron chi connectivity index (χ0n) is 9.46. The molecule has 0 saturated heterocycles. The molecule has 0 aromatic carbocycles. The number of hydrogen-bond donors (Lipinski definition) is 1. The number of aromatic nitrogens is 1. The van der Waals surface area contributed by atoms with Gasteiger partial charge in [0, 0.05) is 17.6 Å². The maximum Gasteiger partial charge on any atom is 0.0794 e. The second-order valence-electron chi connectivity index (χ2n) is 4.63. The Morgan fingerprint density at radius 1 is 1.47 bits per heavy atom. The highest BCUT2D eigenvalue weighted by molar-refractivity contribution is 7.09. The molecule has 0 amide bonds. The van der Waals surface area contributed by atoms with Crippen molar-refractivity contribution in [2.45, 2.75) is 39.0 Å². The van der Waals surface area contributed by atoms with E-state index in [0.29, 0.717) is 5.41 Å². The first-order valence-electron chi connectivity index (χ1n) is 5.93. The van der Waals surface area contributed by atoms with E-state index in [4.69, 9.17) is 0 Å². The van der Waals surface area contributed by atoms with E-state index in [-0.39, 0.29) is 0 Å². The summed E-state index contributed by atoms with van der Waals surface area (Å²) >= 11 is 1.80. The molecule has 0 unspecified atom stereocenters. The molecular formula is C12H20N2S. The zero-order chi connectivity index (χ0) is 10.6. The van der Waals surface area contributed by atoms with Crippen LogP contribution in [0.2, 0.25) is 0 Å². The van der Waals surface area contributed by atoms with Crippen LogP contribution in [0.5, 0.6) is 0 Å². The van der Waals surface area contributed by atoms with Gasteiger partial charge in [0.05, 0.1) is 5.51 Å². The van der Waals surface area contributed by atoms with Gasteiger partial charge in [0.2, 0.25) is 0 Å². The van der Waals surface area contributed by atoms with E-state index < -0.39 is 0 Å². The van der Waals surface area contributed by atoms with Crippen molar-refractivity contribution in [1.29, 1.82) is 0 Å². The third kappa shape index (κ3) is 2.79. The smallest absolute Gasteiger partial charge is 0.0794 e. The number of hydrogen-bond acceptors (Lipinski definition) is 3. The molecule has 1 aliphatic carbocycles. The van der Waals surface area contributed by atoms with Crippen LogP contribution in [0.4, 0.5) is 0 Å². The molecular weight excluding hydrogens is 204 g/mol. The van der Waals surface area contributed by atoms with Gasteiger partial charge >= 0.3 is 0 Å². The van der Waals surface area contributed by atoms with Crippen molar-refractivity contribution >= 4 is 11.3 Å². The summed E-state index contributed by atoms with van der Waals surface area (Å²) in [5.74, 6) is 0. The van der Waals surface area contributed by atoms with Crippen LogP contribution in [-0.4, -0.2) is 18.1 Å². The van der Waals surface area contributed by atoms with Crippen LogP contribution in [-0.2, 0) is 6.42 Å². The van der Waals surface area contributed by atoms with Gasteiger partial charge in [-0.15, -0.1) is 11.3 Å². The van der Waals surface area contributed by atoms with Gasteiger partial charge in [0.25, 0.3) is 0 Å². The summed E-state index contributed by atoms with van der Waals surface area (Å²) < 4.78 is 0. The van der Waals surface area contributed by atoms with Gasteiger partial charge in [-0.25, -0.2) is 0 Å². The molecule has 0 atom stereocenters. The van der Waals surface area contributed by atoms with Crippen LogP contribution in [0.15, 0.2) is 11.7 Å². The summed E-state index contributed by atoms with van der Waals surface area (Å²) in [5.41, 5.74) is 2.48. The topological polar surface area (TPSA) is 24.9 Å². The number of nitrogens with zero attached hydrogens (tertiary/aromatic N) is 1. The Kier molecular flexibility index (Phi) is 3.76. The first-order valence-corrected chi connectivity index (χ1v) is 6.81. The minimum Gasteiger partial charge on any atom is -0.316 e. The van der Waals surface area contributed by atoms with Gasteiger partial charge in [-0.2, -0.15) is 0 Å². The van der Waals surface area contributed by atoms with Crippen LogP contribution in [0, 0.1) is 5.41 Å². The molecule has 1 aromatic rings. The van der Waals surface area contributed by atoms with Crippen molar-refractivity contribution in [2.75, 3.05) is 13.1 Å². The lowest BCUT2D eigenvalue weighted by Crippen LogP contribution is -2.33. The first-order chi connectivity index (χ1) is 7.35. The molecule has 0 spiro atoms. The molecule has 15 heavy (non-hydrogen) atoms. The van der Waals surface area contributed by atoms with Crippen LogP contribution in [0.25, 0.3) is 0 Å². The fourth-order valence-corrected chi connectivity index (χ4v) is 3.40. The lowest BCUT2D eigenvalue weighted by molar-refractivity contribution is 0.282. The second kappa shape index (κ2) is 5.08. The average molecular weight is 224 g/mol. The monoisotopic (exact) mass is 224 g/mol. The molecule has 0 radical (unpaired) electrons. The largest absolute Gasteiger partial charge is 0.316 e. The molecule has 1 N–H and O–H groups in total. The lowest BCUT2D eigenvalue weighted by Gasteiger charge is -2.28. The van der Waals surface area contributed by atoms with Gasteiger partial charge in [-0.1, -0.05) is 19.8 Å². The Morgan fingerprint density at radius 3 is 2.87 bits per heavy atom. The minimum atomic E-state index is 0.530. The summed E-state index contributed by atoms with van der Waals surface area (Å²) in [7, 11) is 0. The standard InChI is InChI=1S/C12H20N2S/c1-2-13-9-12(5-3-4-6-12)7-11-8-14-10-15-11/h8,10,13H,2-7,9H2,1H3. The zero-order valence-corrected chi connectivity index (χ0v) is 10.3. The maximum atomic E-state index is 4.17. The Labute approximate surface area is 96.1 Å². The quantitative estimate of drug-likeness (QED) is 0.832. The predicted octanol–water partition coefficient (Wildman–Crippen LogP) is 2.86. The Bertz CT molecular complexity index is 276. The third-order valence-corrected chi connectivity index (χ3v) is 4.23. The van der Waals surface area contributed by atoms with E-state index in [1.165, 1.54) is 43.5 Å². The van der Waals surface area contributed by atoms with E-state index >= 15 is 0 Å². The van der Waals surface area contributed by atoms with Crippen molar-refractivity contribution in [2.24, 2.45) is 5.41 Å². The molecule has 1 aliphatic rings. The molecule has 2 nitrogen and oxygen atoms in total. The molecule has 0 aliphatic heterocycles. The Morgan fingerprint density at radius 2 is 2.27 bits per heavy atom. The van der Waals surface area contributed by atoms with E-state index in [0.717, 1.165) is 6.54 Å². The summed E-state index contributed by atoms with van der Waals surface area (Å²) in [4.78, 5) is 5.63. The van der Waals surface area contributed by atoms with Crippen molar-refractivity contribution < 1.29 is 0 Å². The molecule has 1 heterocycles. The summed E-state index contributed by atoms with van der Waals surface area (Å²) in [6.45, 7) is 4.46. The minimum absolute atomic E-state index is 0.530. The SMILES string of the molecule is CCNCC1(Cc2cncs2)CCCC1. The van der Waals surface area contributed by atoms with Crippen LogP contribution >= 0.6 is 11.3 Å². The predicted molar refractivity (Wildman–Crippen MR) is 65.3 cm³/mol. The molecule has 3 heteroatoms. The van der Waals surface area contributed by atoms with Gasteiger partial charge in [0.15, 0.2) is 0 Å². The summed E-state index contributed by atoms with van der Waals surface area (Å²) in [6, 6.07) is 0. The van der Waals surface area contributed by atoms with Gasteiger partial charge in [-0.05, 0) is 31.2 Å². The van der Waals surface area contributed by atoms with Gasteiger partial charge in [-0.3, -0.25) is 4.98 Å². The third-order valence-electron chi connectivity index (χ3n) is 3.45. The van der Waals surface area contributed by atoms with E-state index in [1.807, 2.05) is 11.7 Å². The number of nitrogens with one attached hydrogen (secondary N) is 1. The van der Waals surface area contributed by atoms with Crippen LogP contribution in [0.3, 0.4) is 0 Å². The fraction of sp³-hybridized carbons (Fsp3) is 0.750. The highest BCUT2D eigenvalue weighted by Gasteiger charge is 2.33. The average Bonchev–Trinajstić information content (AvgIpc) is 2.88. The van der Waals surface area contributed by atoms with Crippen molar-refractivity contribution in [3.8, 4) is 0 Å². The van der Waals surface area contributed by atoms with Crippen LogP contribution < -0.4 is 5.32 Å². The van der Waals surface area contributed by atoms with E-state index in [1.54, 1.807) is 11.3 Å². The van der Waals surface area contributed by atoms with Crippen LogP contribution in [0.1, 0.15) is 37.5 Å². The normalized spacial score (nSPS) is 19.5. The van der Waals surface area contributed by atoms with E-state index in [9.17, 15) is 0 Å². The molecule has 1 saturated carbocycles. The summed E-state index contributed by atoms with van der Waals surface area (Å²) in [5, 5.41) is 3.53. The van der Waals surface area contributed by atoms with Crippen molar-refractivity contribution in [3.05, 3.63) is 16.6 Å².